The van der Waals surface area contributed by atoms with E-state index >= 15 is 0 Å². The first-order valence-electron chi connectivity index (χ1n) is 8.89. The highest BCUT2D eigenvalue weighted by Gasteiger charge is 2.33. The van der Waals surface area contributed by atoms with Gasteiger partial charge in [-0.3, -0.25) is 4.79 Å². The summed E-state index contributed by atoms with van der Waals surface area (Å²) in [5, 5.41) is 4.06. The van der Waals surface area contributed by atoms with Gasteiger partial charge in [-0.05, 0) is 50.9 Å². The Hall–Kier alpha value is -1.01. The molecule has 1 amide bonds. The fraction of sp³-hybridized carbons (Fsp3) is 0.765. The third-order valence-electron chi connectivity index (χ3n) is 5.09. The first-order valence-corrected chi connectivity index (χ1v) is 10.0. The summed E-state index contributed by atoms with van der Waals surface area (Å²) in [6, 6.07) is 2.18. The van der Waals surface area contributed by atoms with Gasteiger partial charge in [-0.15, -0.1) is 0 Å². The predicted octanol–water partition coefficient (Wildman–Crippen LogP) is 2.60. The SMILES string of the molecule is O=C(c1cc(C2CC2)on1)N1CCCSCC1CN1CCCC1. The zero-order chi connectivity index (χ0) is 15.6. The van der Waals surface area contributed by atoms with E-state index in [1.54, 1.807) is 0 Å². The number of nitrogens with zero attached hydrogens (tertiary/aromatic N) is 3. The molecule has 2 saturated heterocycles. The van der Waals surface area contributed by atoms with Gasteiger partial charge in [0, 0.05) is 30.8 Å². The predicted molar refractivity (Wildman–Crippen MR) is 90.9 cm³/mol. The van der Waals surface area contributed by atoms with E-state index in [4.69, 9.17) is 4.52 Å². The molecule has 1 aliphatic carbocycles. The van der Waals surface area contributed by atoms with E-state index in [0.717, 1.165) is 36.8 Å². The molecule has 1 aromatic rings. The second kappa shape index (κ2) is 6.85. The van der Waals surface area contributed by atoms with Gasteiger partial charge in [0.1, 0.15) is 5.76 Å². The average molecular weight is 335 g/mol. The molecule has 3 fully saturated rings. The van der Waals surface area contributed by atoms with E-state index in [9.17, 15) is 4.79 Å². The molecular formula is C17H25N3O2S. The van der Waals surface area contributed by atoms with Crippen LogP contribution in [0.5, 0.6) is 0 Å². The van der Waals surface area contributed by atoms with Gasteiger partial charge < -0.3 is 14.3 Å². The number of hydrogen-bond donors (Lipinski definition) is 0. The van der Waals surface area contributed by atoms with Crippen LogP contribution in [-0.4, -0.2) is 64.6 Å². The molecule has 0 radical (unpaired) electrons. The molecular weight excluding hydrogens is 310 g/mol. The van der Waals surface area contributed by atoms with Crippen LogP contribution in [0.4, 0.5) is 0 Å². The minimum atomic E-state index is 0.0624. The maximum Gasteiger partial charge on any atom is 0.276 e. The van der Waals surface area contributed by atoms with E-state index in [1.165, 1.54) is 38.8 Å². The summed E-state index contributed by atoms with van der Waals surface area (Å²) in [5.41, 5.74) is 0.505. The van der Waals surface area contributed by atoms with Crippen molar-refractivity contribution in [1.29, 1.82) is 0 Å². The number of aromatic nitrogens is 1. The van der Waals surface area contributed by atoms with E-state index in [1.807, 2.05) is 17.8 Å². The Morgan fingerprint density at radius 3 is 2.87 bits per heavy atom. The molecule has 0 spiro atoms. The van der Waals surface area contributed by atoms with E-state index in [2.05, 4.69) is 15.0 Å². The molecule has 0 aromatic carbocycles. The fourth-order valence-corrected chi connectivity index (χ4v) is 4.67. The van der Waals surface area contributed by atoms with Crippen LogP contribution in [0, 0.1) is 0 Å². The van der Waals surface area contributed by atoms with Crippen LogP contribution < -0.4 is 0 Å². The fourth-order valence-electron chi connectivity index (χ4n) is 3.61. The molecule has 5 nitrogen and oxygen atoms in total. The second-order valence-electron chi connectivity index (χ2n) is 6.98. The summed E-state index contributed by atoms with van der Waals surface area (Å²) in [4.78, 5) is 17.5. The minimum Gasteiger partial charge on any atom is -0.360 e. The van der Waals surface area contributed by atoms with Crippen LogP contribution >= 0.6 is 11.8 Å². The Bertz CT molecular complexity index is 552. The van der Waals surface area contributed by atoms with Gasteiger partial charge in [0.15, 0.2) is 5.69 Å². The van der Waals surface area contributed by atoms with Crippen LogP contribution in [0.1, 0.15) is 54.3 Å². The number of hydrogen-bond acceptors (Lipinski definition) is 5. The van der Waals surface area contributed by atoms with Crippen LogP contribution in [0.15, 0.2) is 10.6 Å². The van der Waals surface area contributed by atoms with Gasteiger partial charge in [0.2, 0.25) is 0 Å². The summed E-state index contributed by atoms with van der Waals surface area (Å²) in [6.07, 6.45) is 5.99. The first kappa shape index (κ1) is 15.5. The molecule has 0 N–H and O–H groups in total. The third-order valence-corrected chi connectivity index (χ3v) is 6.29. The van der Waals surface area contributed by atoms with E-state index in [-0.39, 0.29) is 5.91 Å². The number of rotatable bonds is 4. The Morgan fingerprint density at radius 2 is 2.09 bits per heavy atom. The van der Waals surface area contributed by atoms with Crippen molar-refractivity contribution in [3.05, 3.63) is 17.5 Å². The molecule has 1 aromatic heterocycles. The topological polar surface area (TPSA) is 49.6 Å². The zero-order valence-corrected chi connectivity index (χ0v) is 14.4. The monoisotopic (exact) mass is 335 g/mol. The third kappa shape index (κ3) is 3.58. The second-order valence-corrected chi connectivity index (χ2v) is 8.13. The van der Waals surface area contributed by atoms with Crippen molar-refractivity contribution in [2.24, 2.45) is 0 Å². The lowest BCUT2D eigenvalue weighted by molar-refractivity contribution is 0.0656. The molecule has 2 aliphatic heterocycles. The summed E-state index contributed by atoms with van der Waals surface area (Å²) in [7, 11) is 0. The van der Waals surface area contributed by atoms with Gasteiger partial charge in [-0.2, -0.15) is 11.8 Å². The smallest absolute Gasteiger partial charge is 0.276 e. The van der Waals surface area contributed by atoms with Crippen molar-refractivity contribution in [2.45, 2.75) is 44.1 Å². The number of amides is 1. The summed E-state index contributed by atoms with van der Waals surface area (Å²) in [6.45, 7) is 4.21. The van der Waals surface area contributed by atoms with Gasteiger partial charge >= 0.3 is 0 Å². The van der Waals surface area contributed by atoms with Crippen molar-refractivity contribution >= 4 is 17.7 Å². The first-order chi connectivity index (χ1) is 11.3. The molecule has 1 atom stereocenters. The van der Waals surface area contributed by atoms with Crippen LogP contribution in [-0.2, 0) is 0 Å². The normalized spacial score (nSPS) is 26.4. The standard InChI is InChI=1S/C17H25N3O2S/c21-17(15-10-16(22-18-15)13-4-5-13)20-8-3-9-23-12-14(20)11-19-6-1-2-7-19/h10,13-14H,1-9,11-12H2. The van der Waals surface area contributed by atoms with E-state index < -0.39 is 0 Å². The molecule has 6 heteroatoms. The average Bonchev–Trinajstić information content (AvgIpc) is 3.14. The van der Waals surface area contributed by atoms with Crippen LogP contribution in [0.2, 0.25) is 0 Å². The summed E-state index contributed by atoms with van der Waals surface area (Å²) >= 11 is 1.98. The van der Waals surface area contributed by atoms with Crippen molar-refractivity contribution in [1.82, 2.24) is 15.0 Å². The Balaban J connectivity index is 1.48. The van der Waals surface area contributed by atoms with Gasteiger partial charge in [0.25, 0.3) is 5.91 Å². The molecule has 4 rings (SSSR count). The Labute approximate surface area is 141 Å². The maximum atomic E-state index is 13.0. The molecule has 0 bridgehead atoms. The zero-order valence-electron chi connectivity index (χ0n) is 13.6. The number of thioether (sulfide) groups is 1. The highest BCUT2D eigenvalue weighted by molar-refractivity contribution is 7.99. The summed E-state index contributed by atoms with van der Waals surface area (Å²) in [5.74, 6) is 3.65. The minimum absolute atomic E-state index is 0.0624. The number of likely N-dealkylation sites (tertiary alicyclic amines) is 1. The van der Waals surface area contributed by atoms with Crippen LogP contribution in [0.25, 0.3) is 0 Å². The lowest BCUT2D eigenvalue weighted by Crippen LogP contribution is -2.47. The van der Waals surface area contributed by atoms with Crippen LogP contribution in [0.3, 0.4) is 0 Å². The lowest BCUT2D eigenvalue weighted by Gasteiger charge is -2.32. The Kier molecular flexibility index (Phi) is 4.62. The molecule has 1 unspecified atom stereocenters. The highest BCUT2D eigenvalue weighted by Crippen LogP contribution is 2.40. The maximum absolute atomic E-state index is 13.0. The quantitative estimate of drug-likeness (QED) is 0.846. The molecule has 3 heterocycles. The largest absolute Gasteiger partial charge is 0.360 e. The van der Waals surface area contributed by atoms with E-state index in [0.29, 0.717) is 17.7 Å². The number of carbonyl (C=O) groups excluding carboxylic acids is 1. The van der Waals surface area contributed by atoms with Crippen molar-refractivity contribution in [2.75, 3.05) is 37.7 Å². The van der Waals surface area contributed by atoms with Crippen molar-refractivity contribution < 1.29 is 9.32 Å². The van der Waals surface area contributed by atoms with Crippen molar-refractivity contribution in [3.63, 3.8) is 0 Å². The van der Waals surface area contributed by atoms with Gasteiger partial charge in [-0.25, -0.2) is 0 Å². The molecule has 3 aliphatic rings. The molecule has 126 valence electrons. The Morgan fingerprint density at radius 1 is 1.26 bits per heavy atom. The lowest BCUT2D eigenvalue weighted by atomic mass is 10.2. The summed E-state index contributed by atoms with van der Waals surface area (Å²) < 4.78 is 5.39. The molecule has 1 saturated carbocycles. The highest BCUT2D eigenvalue weighted by atomic mass is 32.2. The van der Waals surface area contributed by atoms with Gasteiger partial charge in [-0.1, -0.05) is 5.16 Å². The van der Waals surface area contributed by atoms with Gasteiger partial charge in [0.05, 0.1) is 6.04 Å². The van der Waals surface area contributed by atoms with Crippen molar-refractivity contribution in [3.8, 4) is 0 Å². The number of carbonyl (C=O) groups is 1. The molecule has 23 heavy (non-hydrogen) atoms.